The van der Waals surface area contributed by atoms with E-state index in [9.17, 15) is 19.8 Å². The number of fused-ring (bicyclic) bond motifs is 1. The van der Waals surface area contributed by atoms with Gasteiger partial charge in [-0.05, 0) is 60.5 Å². The first-order valence-electron chi connectivity index (χ1n) is 8.99. The molecule has 2 N–H and O–H groups in total. The Labute approximate surface area is 167 Å². The highest BCUT2D eigenvalue weighted by atomic mass is 16.5. The number of carbonyl (C=O) groups is 1. The zero-order valence-electron chi connectivity index (χ0n) is 16.1. The molecule has 0 saturated heterocycles. The van der Waals surface area contributed by atoms with Crippen LogP contribution in [-0.2, 0) is 16.1 Å². The maximum absolute atomic E-state index is 13.1. The van der Waals surface area contributed by atoms with E-state index in [1.54, 1.807) is 50.6 Å². The van der Waals surface area contributed by atoms with Crippen molar-refractivity contribution in [2.75, 3.05) is 13.7 Å². The van der Waals surface area contributed by atoms with E-state index in [1.165, 1.54) is 22.8 Å². The molecule has 0 fully saturated rings. The van der Waals surface area contributed by atoms with Crippen molar-refractivity contribution in [1.82, 2.24) is 4.57 Å². The monoisotopic (exact) mass is 395 g/mol. The zero-order valence-corrected chi connectivity index (χ0v) is 16.1. The number of hydrogen-bond acceptors (Lipinski definition) is 6. The molecule has 3 aromatic rings. The minimum atomic E-state index is -0.523. The number of rotatable bonds is 6. The molecule has 0 atom stereocenters. The molecule has 7 heteroatoms. The van der Waals surface area contributed by atoms with Gasteiger partial charge in [0.05, 0.1) is 25.7 Å². The van der Waals surface area contributed by atoms with Crippen molar-refractivity contribution < 1.29 is 24.5 Å². The van der Waals surface area contributed by atoms with Gasteiger partial charge in [-0.1, -0.05) is 0 Å². The van der Waals surface area contributed by atoms with Crippen molar-refractivity contribution in [3.63, 3.8) is 0 Å². The fourth-order valence-electron chi connectivity index (χ4n) is 3.03. The Morgan fingerprint density at radius 2 is 1.93 bits per heavy atom. The van der Waals surface area contributed by atoms with E-state index in [0.29, 0.717) is 28.0 Å². The second kappa shape index (κ2) is 8.62. The summed E-state index contributed by atoms with van der Waals surface area (Å²) in [5.41, 5.74) is 1.09. The fourth-order valence-corrected chi connectivity index (χ4v) is 3.03. The van der Waals surface area contributed by atoms with Gasteiger partial charge in [-0.2, -0.15) is 0 Å². The number of phenolic OH excluding ortho intramolecular Hbond substituents is 1. The summed E-state index contributed by atoms with van der Waals surface area (Å²) < 4.78 is 11.4. The number of phenols is 1. The van der Waals surface area contributed by atoms with E-state index in [-0.39, 0.29) is 24.3 Å². The average Bonchev–Trinajstić information content (AvgIpc) is 2.73. The third kappa shape index (κ3) is 4.14. The van der Waals surface area contributed by atoms with Crippen LogP contribution in [0.25, 0.3) is 22.5 Å². The van der Waals surface area contributed by atoms with Crippen LogP contribution in [0.4, 0.5) is 0 Å². The van der Waals surface area contributed by atoms with Gasteiger partial charge in [0.2, 0.25) is 0 Å². The molecular weight excluding hydrogens is 374 g/mol. The maximum Gasteiger partial charge on any atom is 0.330 e. The molecule has 0 amide bonds. The molecule has 0 aliphatic carbocycles. The van der Waals surface area contributed by atoms with Crippen LogP contribution in [0.2, 0.25) is 0 Å². The molecule has 0 aliphatic heterocycles. The van der Waals surface area contributed by atoms with Crippen LogP contribution < -0.4 is 10.3 Å². The molecule has 0 bridgehead atoms. The number of aromatic hydroxyl groups is 1. The van der Waals surface area contributed by atoms with Gasteiger partial charge >= 0.3 is 5.97 Å². The number of carbonyl (C=O) groups excluding carboxylic acids is 1. The van der Waals surface area contributed by atoms with Gasteiger partial charge in [-0.15, -0.1) is 0 Å². The third-order valence-electron chi connectivity index (χ3n) is 4.41. The minimum Gasteiger partial charge on any atom is -0.507 e. The highest BCUT2D eigenvalue weighted by molar-refractivity contribution is 5.97. The standard InChI is InChI=1S/C22H21NO6/c1-3-29-20(26)9-4-15-12-23(16-5-7-17(28-2)8-6-16)22(27)21-18(15)10-14(13-24)11-19(21)25/h4-12,24-25H,3,13H2,1-2H3. The lowest BCUT2D eigenvalue weighted by Crippen LogP contribution is -2.19. The van der Waals surface area contributed by atoms with Crippen LogP contribution in [-0.4, -0.2) is 34.5 Å². The second-order valence-electron chi connectivity index (χ2n) is 6.24. The van der Waals surface area contributed by atoms with Crippen LogP contribution in [0.5, 0.6) is 11.5 Å². The van der Waals surface area contributed by atoms with Crippen molar-refractivity contribution in [3.8, 4) is 17.2 Å². The Hall–Kier alpha value is -3.58. The van der Waals surface area contributed by atoms with Gasteiger partial charge in [0.1, 0.15) is 11.5 Å². The Bertz CT molecular complexity index is 1130. The average molecular weight is 395 g/mol. The van der Waals surface area contributed by atoms with Gasteiger partial charge < -0.3 is 19.7 Å². The minimum absolute atomic E-state index is 0.0871. The lowest BCUT2D eigenvalue weighted by atomic mass is 10.0. The highest BCUT2D eigenvalue weighted by Gasteiger charge is 2.14. The van der Waals surface area contributed by atoms with Crippen LogP contribution in [0, 0.1) is 0 Å². The number of methoxy groups -OCH3 is 1. The van der Waals surface area contributed by atoms with Crippen molar-refractivity contribution in [2.45, 2.75) is 13.5 Å². The largest absolute Gasteiger partial charge is 0.507 e. The number of aliphatic hydroxyl groups excluding tert-OH is 1. The van der Waals surface area contributed by atoms with E-state index in [2.05, 4.69) is 0 Å². The second-order valence-corrected chi connectivity index (χ2v) is 6.24. The van der Waals surface area contributed by atoms with Gasteiger partial charge in [0.15, 0.2) is 0 Å². The van der Waals surface area contributed by atoms with Crippen molar-refractivity contribution in [2.24, 2.45) is 0 Å². The summed E-state index contributed by atoms with van der Waals surface area (Å²) in [6, 6.07) is 9.82. The van der Waals surface area contributed by atoms with Gasteiger partial charge in [0, 0.05) is 23.3 Å². The Morgan fingerprint density at radius 1 is 1.21 bits per heavy atom. The Morgan fingerprint density at radius 3 is 2.55 bits per heavy atom. The molecule has 1 heterocycles. The molecule has 0 radical (unpaired) electrons. The third-order valence-corrected chi connectivity index (χ3v) is 4.41. The Kier molecular flexibility index (Phi) is 5.99. The normalized spacial score (nSPS) is 11.1. The number of nitrogens with zero attached hydrogens (tertiary/aromatic N) is 1. The summed E-state index contributed by atoms with van der Waals surface area (Å²) in [4.78, 5) is 24.8. The maximum atomic E-state index is 13.1. The summed E-state index contributed by atoms with van der Waals surface area (Å²) in [5.74, 6) is -0.129. The van der Waals surface area contributed by atoms with Gasteiger partial charge in [-0.3, -0.25) is 9.36 Å². The number of esters is 1. The molecule has 150 valence electrons. The first kappa shape index (κ1) is 20.2. The fraction of sp³-hybridized carbons (Fsp3) is 0.182. The molecule has 0 spiro atoms. The van der Waals surface area contributed by atoms with Crippen molar-refractivity contribution >= 4 is 22.8 Å². The Balaban J connectivity index is 2.27. The number of aromatic nitrogens is 1. The lowest BCUT2D eigenvalue weighted by molar-refractivity contribution is -0.137. The van der Waals surface area contributed by atoms with Crippen LogP contribution in [0.1, 0.15) is 18.1 Å². The van der Waals surface area contributed by atoms with E-state index >= 15 is 0 Å². The van der Waals surface area contributed by atoms with Crippen molar-refractivity contribution in [3.05, 3.63) is 70.2 Å². The lowest BCUT2D eigenvalue weighted by Gasteiger charge is -2.13. The first-order valence-corrected chi connectivity index (χ1v) is 8.99. The zero-order chi connectivity index (χ0) is 21.0. The van der Waals surface area contributed by atoms with E-state index in [0.717, 1.165) is 0 Å². The van der Waals surface area contributed by atoms with Gasteiger partial charge in [-0.25, -0.2) is 4.79 Å². The molecule has 0 unspecified atom stereocenters. The van der Waals surface area contributed by atoms with Crippen molar-refractivity contribution in [1.29, 1.82) is 0 Å². The predicted molar refractivity (Wildman–Crippen MR) is 109 cm³/mol. The number of aliphatic hydroxyl groups is 1. The number of benzene rings is 2. The van der Waals surface area contributed by atoms with Crippen LogP contribution in [0.3, 0.4) is 0 Å². The molecule has 7 nitrogen and oxygen atoms in total. The van der Waals surface area contributed by atoms with E-state index in [4.69, 9.17) is 9.47 Å². The summed E-state index contributed by atoms with van der Waals surface area (Å²) >= 11 is 0. The summed E-state index contributed by atoms with van der Waals surface area (Å²) in [7, 11) is 1.55. The van der Waals surface area contributed by atoms with Gasteiger partial charge in [0.25, 0.3) is 5.56 Å². The first-order chi connectivity index (χ1) is 14.0. The number of ether oxygens (including phenoxy) is 2. The quantitative estimate of drug-likeness (QED) is 0.492. The molecular formula is C22H21NO6. The number of hydrogen-bond donors (Lipinski definition) is 2. The van der Waals surface area contributed by atoms with Crippen LogP contribution in [0.15, 0.2) is 53.5 Å². The topological polar surface area (TPSA) is 98.0 Å². The van der Waals surface area contributed by atoms with E-state index < -0.39 is 11.5 Å². The summed E-state index contributed by atoms with van der Waals surface area (Å²) in [6.07, 6.45) is 4.34. The SMILES string of the molecule is CCOC(=O)C=Cc1cn(-c2ccc(OC)cc2)c(=O)c2c(O)cc(CO)cc12. The molecule has 0 aliphatic rings. The predicted octanol–water partition coefficient (Wildman–Crippen LogP) is 2.77. The summed E-state index contributed by atoms with van der Waals surface area (Å²) in [5, 5.41) is 20.4. The van der Waals surface area contributed by atoms with Crippen LogP contribution >= 0.6 is 0 Å². The molecule has 3 rings (SSSR count). The molecule has 0 saturated carbocycles. The highest BCUT2D eigenvalue weighted by Crippen LogP contribution is 2.28. The smallest absolute Gasteiger partial charge is 0.330 e. The number of pyridine rings is 1. The molecule has 2 aromatic carbocycles. The molecule has 29 heavy (non-hydrogen) atoms. The molecule has 1 aromatic heterocycles. The summed E-state index contributed by atoms with van der Waals surface area (Å²) in [6.45, 7) is 1.65. The van der Waals surface area contributed by atoms with E-state index in [1.807, 2.05) is 0 Å².